The highest BCUT2D eigenvalue weighted by Crippen LogP contribution is 2.29. The molecule has 0 aliphatic carbocycles. The zero-order valence-corrected chi connectivity index (χ0v) is 11.5. The summed E-state index contributed by atoms with van der Waals surface area (Å²) >= 11 is 3.21. The molecule has 1 aromatic carbocycles. The van der Waals surface area contributed by atoms with Crippen LogP contribution in [0.1, 0.15) is 19.4 Å². The van der Waals surface area contributed by atoms with E-state index in [9.17, 15) is 13.2 Å². The highest BCUT2D eigenvalue weighted by molar-refractivity contribution is 9.10. The average molecular weight is 321 g/mol. The van der Waals surface area contributed by atoms with Gasteiger partial charge in [-0.15, -0.1) is 0 Å². The van der Waals surface area contributed by atoms with E-state index in [1.54, 1.807) is 19.9 Å². The van der Waals surface area contributed by atoms with Crippen molar-refractivity contribution in [2.75, 3.05) is 11.4 Å². The smallest absolute Gasteiger partial charge is 0.359 e. The molecule has 0 aliphatic heterocycles. The van der Waals surface area contributed by atoms with Crippen molar-refractivity contribution in [2.24, 2.45) is 0 Å². The predicted octanol–water partition coefficient (Wildman–Crippen LogP) is 4.10. The van der Waals surface area contributed by atoms with Crippen molar-refractivity contribution in [2.45, 2.75) is 26.1 Å². The Kier molecular flexibility index (Phi) is 4.63. The number of benzene rings is 1. The molecule has 0 fully saturated rings. The van der Waals surface area contributed by atoms with E-state index in [0.29, 0.717) is 10.2 Å². The maximum absolute atomic E-state index is 12.6. The minimum absolute atomic E-state index is 0.233. The Hall–Kier alpha value is -1.22. The molecule has 0 aliphatic rings. The second kappa shape index (κ2) is 5.61. The van der Waals surface area contributed by atoms with Gasteiger partial charge in [-0.05, 0) is 32.0 Å². The van der Waals surface area contributed by atoms with Gasteiger partial charge >= 0.3 is 6.18 Å². The molecule has 18 heavy (non-hydrogen) atoms. The molecule has 2 nitrogen and oxygen atoms in total. The molecule has 0 N–H and O–H groups in total. The largest absolute Gasteiger partial charge is 0.405 e. The lowest BCUT2D eigenvalue weighted by molar-refractivity contribution is -0.120. The minimum atomic E-state index is -4.31. The standard InChI is InChI=1S/C12H12BrF3N2/c1-8(2)18(7-12(14,15)16)11-5-10(13)4-3-9(11)6-17/h3-5,8H,7H2,1-2H3. The Labute approximate surface area is 112 Å². The van der Waals surface area contributed by atoms with Crippen molar-refractivity contribution >= 4 is 21.6 Å². The second-order valence-corrected chi connectivity index (χ2v) is 5.03. The molecule has 1 aromatic rings. The first-order chi connectivity index (χ1) is 8.24. The molecular weight excluding hydrogens is 309 g/mol. The lowest BCUT2D eigenvalue weighted by atomic mass is 10.1. The van der Waals surface area contributed by atoms with Crippen LogP contribution >= 0.6 is 15.9 Å². The van der Waals surface area contributed by atoms with Crippen LogP contribution < -0.4 is 4.90 Å². The third kappa shape index (κ3) is 3.91. The molecule has 0 heterocycles. The topological polar surface area (TPSA) is 27.0 Å². The van der Waals surface area contributed by atoms with Crippen LogP contribution in [0.4, 0.5) is 18.9 Å². The molecule has 98 valence electrons. The van der Waals surface area contributed by atoms with Crippen molar-refractivity contribution in [3.8, 4) is 6.07 Å². The molecule has 0 atom stereocenters. The van der Waals surface area contributed by atoms with E-state index in [4.69, 9.17) is 5.26 Å². The van der Waals surface area contributed by atoms with Crippen LogP contribution in [0.3, 0.4) is 0 Å². The molecule has 1 rings (SSSR count). The summed E-state index contributed by atoms with van der Waals surface area (Å²) in [5.74, 6) is 0. The Balaban J connectivity index is 3.22. The van der Waals surface area contributed by atoms with Gasteiger partial charge < -0.3 is 4.90 Å². The van der Waals surface area contributed by atoms with Gasteiger partial charge in [-0.2, -0.15) is 18.4 Å². The quantitative estimate of drug-likeness (QED) is 0.838. The van der Waals surface area contributed by atoms with Crippen LogP contribution in [0.2, 0.25) is 0 Å². The summed E-state index contributed by atoms with van der Waals surface area (Å²) in [7, 11) is 0. The highest BCUT2D eigenvalue weighted by Gasteiger charge is 2.32. The molecular formula is C12H12BrF3N2. The Morgan fingerprint density at radius 2 is 2.00 bits per heavy atom. The molecule has 0 unspecified atom stereocenters. The third-order valence-corrected chi connectivity index (χ3v) is 2.86. The number of rotatable bonds is 3. The summed E-state index contributed by atoms with van der Waals surface area (Å²) in [6.45, 7) is 2.25. The number of hydrogen-bond donors (Lipinski definition) is 0. The summed E-state index contributed by atoms with van der Waals surface area (Å²) in [4.78, 5) is 1.17. The molecule has 0 bridgehead atoms. The van der Waals surface area contributed by atoms with Crippen LogP contribution in [0.5, 0.6) is 0 Å². The van der Waals surface area contributed by atoms with E-state index in [1.165, 1.54) is 17.0 Å². The first-order valence-corrected chi connectivity index (χ1v) is 6.07. The van der Waals surface area contributed by atoms with Crippen LogP contribution in [-0.4, -0.2) is 18.8 Å². The van der Waals surface area contributed by atoms with Crippen molar-refractivity contribution in [3.05, 3.63) is 28.2 Å². The van der Waals surface area contributed by atoms with Crippen LogP contribution in [0, 0.1) is 11.3 Å². The fourth-order valence-corrected chi connectivity index (χ4v) is 1.93. The molecule has 0 aromatic heterocycles. The lowest BCUT2D eigenvalue weighted by Gasteiger charge is -2.30. The summed E-state index contributed by atoms with van der Waals surface area (Å²) in [5.41, 5.74) is 0.523. The van der Waals surface area contributed by atoms with Crippen molar-refractivity contribution in [1.82, 2.24) is 0 Å². The van der Waals surface area contributed by atoms with Gasteiger partial charge in [0.1, 0.15) is 12.6 Å². The SMILES string of the molecule is CC(C)N(CC(F)(F)F)c1cc(Br)ccc1C#N. The first-order valence-electron chi connectivity index (χ1n) is 5.27. The number of nitriles is 1. The van der Waals surface area contributed by atoms with E-state index in [0.717, 1.165) is 0 Å². The molecule has 0 saturated carbocycles. The summed E-state index contributed by atoms with van der Waals surface area (Å²) in [6.07, 6.45) is -4.31. The van der Waals surface area contributed by atoms with Gasteiger partial charge in [0.15, 0.2) is 0 Å². The fraction of sp³-hybridized carbons (Fsp3) is 0.417. The maximum atomic E-state index is 12.6. The maximum Gasteiger partial charge on any atom is 0.405 e. The zero-order chi connectivity index (χ0) is 13.9. The number of alkyl halides is 3. The van der Waals surface area contributed by atoms with E-state index in [1.807, 2.05) is 6.07 Å². The van der Waals surface area contributed by atoms with Gasteiger partial charge in [-0.1, -0.05) is 15.9 Å². The second-order valence-electron chi connectivity index (χ2n) is 4.11. The van der Waals surface area contributed by atoms with Gasteiger partial charge in [0.25, 0.3) is 0 Å². The first kappa shape index (κ1) is 14.8. The highest BCUT2D eigenvalue weighted by atomic mass is 79.9. The molecule has 0 saturated heterocycles. The Bertz CT molecular complexity index is 463. The van der Waals surface area contributed by atoms with E-state index in [2.05, 4.69) is 15.9 Å². The van der Waals surface area contributed by atoms with Crippen LogP contribution in [0.25, 0.3) is 0 Å². The van der Waals surface area contributed by atoms with Crippen LogP contribution in [0.15, 0.2) is 22.7 Å². The van der Waals surface area contributed by atoms with E-state index in [-0.39, 0.29) is 11.6 Å². The molecule has 0 amide bonds. The Morgan fingerprint density at radius 3 is 2.44 bits per heavy atom. The summed E-state index contributed by atoms with van der Waals surface area (Å²) < 4.78 is 38.3. The van der Waals surface area contributed by atoms with Crippen molar-refractivity contribution in [3.63, 3.8) is 0 Å². The average Bonchev–Trinajstić information content (AvgIpc) is 2.24. The zero-order valence-electron chi connectivity index (χ0n) is 9.92. The lowest BCUT2D eigenvalue weighted by Crippen LogP contribution is -2.39. The molecule has 0 spiro atoms. The number of nitrogens with zero attached hydrogens (tertiary/aromatic N) is 2. The molecule has 0 radical (unpaired) electrons. The van der Waals surface area contributed by atoms with Crippen molar-refractivity contribution < 1.29 is 13.2 Å². The van der Waals surface area contributed by atoms with Gasteiger partial charge in [0.2, 0.25) is 0 Å². The van der Waals surface area contributed by atoms with Gasteiger partial charge in [0, 0.05) is 10.5 Å². The van der Waals surface area contributed by atoms with Gasteiger partial charge in [-0.3, -0.25) is 0 Å². The van der Waals surface area contributed by atoms with Crippen LogP contribution in [-0.2, 0) is 0 Å². The number of anilines is 1. The minimum Gasteiger partial charge on any atom is -0.359 e. The monoisotopic (exact) mass is 320 g/mol. The fourth-order valence-electron chi connectivity index (χ4n) is 1.58. The van der Waals surface area contributed by atoms with Crippen molar-refractivity contribution in [1.29, 1.82) is 5.26 Å². The predicted molar refractivity (Wildman–Crippen MR) is 67.4 cm³/mol. The number of hydrogen-bond acceptors (Lipinski definition) is 2. The number of halogens is 4. The van der Waals surface area contributed by atoms with Gasteiger partial charge in [0.05, 0.1) is 11.3 Å². The van der Waals surface area contributed by atoms with E-state index >= 15 is 0 Å². The van der Waals surface area contributed by atoms with E-state index < -0.39 is 12.7 Å². The Morgan fingerprint density at radius 1 is 1.39 bits per heavy atom. The summed E-state index contributed by atoms with van der Waals surface area (Å²) in [6, 6.07) is 6.23. The van der Waals surface area contributed by atoms with Gasteiger partial charge in [-0.25, -0.2) is 0 Å². The third-order valence-electron chi connectivity index (χ3n) is 2.36. The summed E-state index contributed by atoms with van der Waals surface area (Å²) in [5, 5.41) is 8.97. The molecule has 6 heteroatoms. The normalized spacial score (nSPS) is 11.4.